The van der Waals surface area contributed by atoms with Crippen molar-refractivity contribution in [3.63, 3.8) is 0 Å². The molecule has 6 heteroatoms. The van der Waals surface area contributed by atoms with Gasteiger partial charge in [-0.15, -0.1) is 0 Å². The molecule has 1 amide bonds. The van der Waals surface area contributed by atoms with Crippen LogP contribution in [0.5, 0.6) is 5.75 Å². The number of ether oxygens (including phenoxy) is 1. The van der Waals surface area contributed by atoms with Crippen LogP contribution < -0.4 is 21.1 Å². The van der Waals surface area contributed by atoms with E-state index in [4.69, 9.17) is 10.5 Å². The third kappa shape index (κ3) is 5.31. The molecule has 0 aliphatic heterocycles. The van der Waals surface area contributed by atoms with Crippen LogP contribution in [0.3, 0.4) is 0 Å². The van der Waals surface area contributed by atoms with Crippen LogP contribution in [0, 0.1) is 0 Å². The number of carbonyl (C=O) groups is 1. The maximum atomic E-state index is 11.9. The molecule has 0 aliphatic rings. The largest absolute Gasteiger partial charge is 0.495 e. The number of carbonyl (C=O) groups excluding carboxylic acids is 1. The number of hydrogen-bond acceptors (Lipinski definition) is 3. The van der Waals surface area contributed by atoms with Gasteiger partial charge < -0.3 is 21.1 Å². The molecule has 0 heterocycles. The highest BCUT2D eigenvalue weighted by atomic mass is 16.5. The van der Waals surface area contributed by atoms with Gasteiger partial charge in [0, 0.05) is 18.7 Å². The van der Waals surface area contributed by atoms with E-state index < -0.39 is 0 Å². The van der Waals surface area contributed by atoms with Crippen molar-refractivity contribution < 1.29 is 9.53 Å². The lowest BCUT2D eigenvalue weighted by molar-refractivity contribution is 0.0953. The maximum absolute atomic E-state index is 11.9. The molecule has 0 fully saturated rings. The maximum Gasteiger partial charge on any atom is 0.251 e. The number of hydrogen-bond donors (Lipinski definition) is 3. The molecule has 0 unspecified atom stereocenters. The lowest BCUT2D eigenvalue weighted by Crippen LogP contribution is -2.26. The van der Waals surface area contributed by atoms with E-state index in [1.807, 2.05) is 42.5 Å². The molecule has 0 saturated heterocycles. The summed E-state index contributed by atoms with van der Waals surface area (Å²) in [6.07, 6.45) is 0.701. The zero-order chi connectivity index (χ0) is 17.2. The van der Waals surface area contributed by atoms with Gasteiger partial charge in [-0.2, -0.15) is 0 Å². The predicted molar refractivity (Wildman–Crippen MR) is 96.5 cm³/mol. The zero-order valence-electron chi connectivity index (χ0n) is 13.7. The van der Waals surface area contributed by atoms with Crippen LogP contribution >= 0.6 is 0 Å². The van der Waals surface area contributed by atoms with E-state index in [0.717, 1.165) is 5.69 Å². The zero-order valence-corrected chi connectivity index (χ0v) is 13.7. The van der Waals surface area contributed by atoms with E-state index >= 15 is 0 Å². The summed E-state index contributed by atoms with van der Waals surface area (Å²) in [5, 5.41) is 5.85. The average Bonchev–Trinajstić information content (AvgIpc) is 2.62. The monoisotopic (exact) mass is 326 g/mol. The lowest BCUT2D eigenvalue weighted by Gasteiger charge is -2.10. The van der Waals surface area contributed by atoms with E-state index in [2.05, 4.69) is 15.6 Å². The molecule has 0 aromatic heterocycles. The van der Waals surface area contributed by atoms with Gasteiger partial charge in [0.2, 0.25) is 0 Å². The summed E-state index contributed by atoms with van der Waals surface area (Å²) in [7, 11) is 1.60. The molecule has 24 heavy (non-hydrogen) atoms. The van der Waals surface area contributed by atoms with Crippen molar-refractivity contribution in [2.75, 3.05) is 25.5 Å². The van der Waals surface area contributed by atoms with Crippen molar-refractivity contribution in [3.05, 3.63) is 60.2 Å². The van der Waals surface area contributed by atoms with Crippen LogP contribution in [0.4, 0.5) is 5.69 Å². The first-order chi connectivity index (χ1) is 11.7. The highest BCUT2D eigenvalue weighted by Crippen LogP contribution is 2.22. The Morgan fingerprint density at radius 2 is 1.83 bits per heavy atom. The Kier molecular flexibility index (Phi) is 6.64. The first-order valence-electron chi connectivity index (χ1n) is 7.74. The van der Waals surface area contributed by atoms with Gasteiger partial charge in [-0.1, -0.05) is 30.3 Å². The Balaban J connectivity index is 1.73. The molecule has 126 valence electrons. The molecular weight excluding hydrogens is 304 g/mol. The number of nitrogens with zero attached hydrogens (tertiary/aromatic N) is 1. The Bertz CT molecular complexity index is 686. The smallest absolute Gasteiger partial charge is 0.251 e. The third-order valence-electron chi connectivity index (χ3n) is 3.31. The van der Waals surface area contributed by atoms with Crippen LogP contribution in [-0.4, -0.2) is 32.1 Å². The molecule has 2 aromatic rings. The summed E-state index contributed by atoms with van der Waals surface area (Å²) in [6, 6.07) is 16.6. The molecule has 2 rings (SSSR count). The van der Waals surface area contributed by atoms with E-state index in [-0.39, 0.29) is 5.91 Å². The minimum absolute atomic E-state index is 0.0836. The molecule has 0 aliphatic carbocycles. The van der Waals surface area contributed by atoms with E-state index in [1.165, 1.54) is 0 Å². The fourth-order valence-corrected chi connectivity index (χ4v) is 2.10. The van der Waals surface area contributed by atoms with Gasteiger partial charge in [-0.3, -0.25) is 9.79 Å². The van der Waals surface area contributed by atoms with Crippen LogP contribution in [-0.2, 0) is 0 Å². The van der Waals surface area contributed by atoms with Crippen LogP contribution in [0.25, 0.3) is 0 Å². The number of para-hydroxylation sites is 2. The normalized spacial score (nSPS) is 11.0. The molecule has 2 aromatic carbocycles. The van der Waals surface area contributed by atoms with Gasteiger partial charge in [-0.25, -0.2) is 0 Å². The highest BCUT2D eigenvalue weighted by molar-refractivity contribution is 5.94. The van der Waals surface area contributed by atoms with Gasteiger partial charge >= 0.3 is 0 Å². The van der Waals surface area contributed by atoms with Crippen molar-refractivity contribution in [1.29, 1.82) is 0 Å². The lowest BCUT2D eigenvalue weighted by atomic mass is 10.2. The summed E-state index contributed by atoms with van der Waals surface area (Å²) in [5.41, 5.74) is 7.27. The fourth-order valence-electron chi connectivity index (χ4n) is 2.10. The fraction of sp³-hybridized carbons (Fsp3) is 0.222. The Labute approximate surface area is 141 Å². The van der Waals surface area contributed by atoms with Crippen molar-refractivity contribution in [1.82, 2.24) is 5.32 Å². The van der Waals surface area contributed by atoms with Crippen molar-refractivity contribution in [3.8, 4) is 5.75 Å². The number of amides is 1. The Morgan fingerprint density at radius 3 is 2.58 bits per heavy atom. The van der Waals surface area contributed by atoms with Crippen LogP contribution in [0.2, 0.25) is 0 Å². The quantitative estimate of drug-likeness (QED) is 0.413. The Hall–Kier alpha value is -3.02. The van der Waals surface area contributed by atoms with Crippen molar-refractivity contribution >= 4 is 17.6 Å². The number of methoxy groups -OCH3 is 1. The summed E-state index contributed by atoms with van der Waals surface area (Å²) in [5.74, 6) is 0.930. The van der Waals surface area contributed by atoms with Crippen molar-refractivity contribution in [2.24, 2.45) is 10.7 Å². The summed E-state index contributed by atoms with van der Waals surface area (Å²) in [4.78, 5) is 16.1. The van der Waals surface area contributed by atoms with Gasteiger partial charge in [-0.05, 0) is 30.7 Å². The number of guanidine groups is 1. The first-order valence-corrected chi connectivity index (χ1v) is 7.74. The standard InChI is InChI=1S/C18H22N4O2/c1-24-16-11-6-5-10-15(16)22-18(19)21-13-7-12-20-17(23)14-8-3-2-4-9-14/h2-6,8-11H,7,12-13H2,1H3,(H,20,23)(H3,19,21,22). The van der Waals surface area contributed by atoms with E-state index in [1.54, 1.807) is 19.2 Å². The van der Waals surface area contributed by atoms with Crippen LogP contribution in [0.1, 0.15) is 16.8 Å². The second-order valence-corrected chi connectivity index (χ2v) is 5.07. The number of nitrogens with two attached hydrogens (primary N) is 1. The van der Waals surface area contributed by atoms with E-state index in [0.29, 0.717) is 36.8 Å². The molecule has 0 atom stereocenters. The average molecular weight is 326 g/mol. The first kappa shape index (κ1) is 17.3. The summed E-state index contributed by atoms with van der Waals surface area (Å²) in [6.45, 7) is 1.06. The SMILES string of the molecule is COc1ccccc1NC(N)=NCCCNC(=O)c1ccccc1. The molecule has 0 bridgehead atoms. The second-order valence-electron chi connectivity index (χ2n) is 5.07. The second kappa shape index (κ2) is 9.19. The molecule has 0 radical (unpaired) electrons. The molecule has 0 spiro atoms. The summed E-state index contributed by atoms with van der Waals surface area (Å²) < 4.78 is 5.24. The molecular formula is C18H22N4O2. The van der Waals surface area contributed by atoms with Gasteiger partial charge in [0.05, 0.1) is 12.8 Å². The number of anilines is 1. The van der Waals surface area contributed by atoms with Crippen LogP contribution in [0.15, 0.2) is 59.6 Å². The minimum atomic E-state index is -0.0836. The number of nitrogens with one attached hydrogen (secondary N) is 2. The Morgan fingerprint density at radius 1 is 1.12 bits per heavy atom. The topological polar surface area (TPSA) is 88.7 Å². The van der Waals surface area contributed by atoms with Crippen molar-refractivity contribution in [2.45, 2.75) is 6.42 Å². The van der Waals surface area contributed by atoms with Gasteiger partial charge in [0.1, 0.15) is 5.75 Å². The van der Waals surface area contributed by atoms with Gasteiger partial charge in [0.15, 0.2) is 5.96 Å². The highest BCUT2D eigenvalue weighted by Gasteiger charge is 2.03. The third-order valence-corrected chi connectivity index (χ3v) is 3.31. The molecule has 6 nitrogen and oxygen atoms in total. The number of aliphatic imine (C=N–C) groups is 1. The minimum Gasteiger partial charge on any atom is -0.495 e. The summed E-state index contributed by atoms with van der Waals surface area (Å²) >= 11 is 0. The predicted octanol–water partition coefficient (Wildman–Crippen LogP) is 2.24. The number of benzene rings is 2. The number of rotatable bonds is 7. The molecule has 4 N–H and O–H groups in total. The molecule has 0 saturated carbocycles. The van der Waals surface area contributed by atoms with E-state index in [9.17, 15) is 4.79 Å². The van der Waals surface area contributed by atoms with Gasteiger partial charge in [0.25, 0.3) is 5.91 Å².